The first-order valence-electron chi connectivity index (χ1n) is 7.75. The van der Waals surface area contributed by atoms with Gasteiger partial charge >= 0.3 is 0 Å². The third-order valence-electron chi connectivity index (χ3n) is 4.73. The Morgan fingerprint density at radius 1 is 1.00 bits per heavy atom. The fraction of sp³-hybridized carbons (Fsp3) is 0.733. The molecular formula is C15H22O9. The zero-order valence-electron chi connectivity index (χ0n) is 12.8. The van der Waals surface area contributed by atoms with Gasteiger partial charge in [0.25, 0.3) is 0 Å². The van der Waals surface area contributed by atoms with E-state index in [0.717, 1.165) is 0 Å². The van der Waals surface area contributed by atoms with E-state index in [1.54, 1.807) is 6.08 Å². The molecule has 3 aliphatic rings. The number of ether oxygens (including phenoxy) is 3. The Labute approximate surface area is 138 Å². The Balaban J connectivity index is 1.75. The Hall–Kier alpha value is -1.04. The van der Waals surface area contributed by atoms with E-state index in [0.29, 0.717) is 5.57 Å². The fourth-order valence-corrected chi connectivity index (χ4v) is 3.38. The monoisotopic (exact) mass is 346 g/mol. The van der Waals surface area contributed by atoms with Crippen LogP contribution in [0.5, 0.6) is 0 Å². The van der Waals surface area contributed by atoms with Gasteiger partial charge in [-0.1, -0.05) is 6.08 Å². The van der Waals surface area contributed by atoms with Crippen molar-refractivity contribution in [1.82, 2.24) is 0 Å². The van der Waals surface area contributed by atoms with E-state index in [4.69, 9.17) is 14.2 Å². The average molecular weight is 346 g/mol. The molecule has 0 unspecified atom stereocenters. The van der Waals surface area contributed by atoms with Gasteiger partial charge in [-0.15, -0.1) is 0 Å². The molecule has 0 saturated carbocycles. The first kappa shape index (κ1) is 17.8. The highest BCUT2D eigenvalue weighted by atomic mass is 16.8. The number of aliphatic hydroxyl groups excluding tert-OH is 6. The van der Waals surface area contributed by atoms with Crippen LogP contribution < -0.4 is 0 Å². The van der Waals surface area contributed by atoms with Crippen LogP contribution in [0, 0.1) is 11.8 Å². The van der Waals surface area contributed by atoms with Crippen LogP contribution in [0.15, 0.2) is 24.0 Å². The van der Waals surface area contributed by atoms with Crippen LogP contribution in [0.25, 0.3) is 0 Å². The summed E-state index contributed by atoms with van der Waals surface area (Å²) >= 11 is 0. The largest absolute Gasteiger partial charge is 0.472 e. The topological polar surface area (TPSA) is 149 Å². The van der Waals surface area contributed by atoms with E-state index in [9.17, 15) is 30.6 Å². The summed E-state index contributed by atoms with van der Waals surface area (Å²) in [5, 5.41) is 58.3. The van der Waals surface area contributed by atoms with E-state index < -0.39 is 55.6 Å². The van der Waals surface area contributed by atoms with Crippen LogP contribution in [0.3, 0.4) is 0 Å². The first-order valence-corrected chi connectivity index (χ1v) is 7.75. The maximum Gasteiger partial charge on any atom is 0.209 e. The van der Waals surface area contributed by atoms with Crippen molar-refractivity contribution in [2.24, 2.45) is 11.8 Å². The molecule has 0 aromatic rings. The van der Waals surface area contributed by atoms with Crippen molar-refractivity contribution < 1.29 is 44.8 Å². The van der Waals surface area contributed by atoms with Crippen molar-refractivity contribution >= 4 is 0 Å². The number of hydrogen-bond donors (Lipinski definition) is 6. The highest BCUT2D eigenvalue weighted by Gasteiger charge is 2.49. The minimum atomic E-state index is -1.56. The van der Waals surface area contributed by atoms with Gasteiger partial charge in [0, 0.05) is 5.92 Å². The molecule has 0 spiro atoms. The second-order valence-electron chi connectivity index (χ2n) is 6.16. The van der Waals surface area contributed by atoms with Gasteiger partial charge in [0.1, 0.15) is 24.4 Å². The van der Waals surface area contributed by atoms with Gasteiger partial charge < -0.3 is 44.8 Å². The van der Waals surface area contributed by atoms with Crippen LogP contribution in [-0.2, 0) is 14.2 Å². The van der Waals surface area contributed by atoms with E-state index in [1.165, 1.54) is 12.3 Å². The maximum absolute atomic E-state index is 10.0. The summed E-state index contributed by atoms with van der Waals surface area (Å²) in [7, 11) is 0. The molecule has 2 aliphatic heterocycles. The number of aliphatic hydroxyl groups is 6. The molecule has 0 aromatic carbocycles. The van der Waals surface area contributed by atoms with Crippen LogP contribution >= 0.6 is 0 Å². The van der Waals surface area contributed by atoms with Crippen LogP contribution in [0.2, 0.25) is 0 Å². The van der Waals surface area contributed by atoms with E-state index in [1.807, 2.05) is 0 Å². The molecule has 0 aromatic heterocycles. The lowest BCUT2D eigenvalue weighted by Gasteiger charge is -2.42. The summed E-state index contributed by atoms with van der Waals surface area (Å²) < 4.78 is 16.3. The standard InChI is InChI=1S/C15H22O9/c16-4-6-3-8(18)7-1-2-22-14(10(6)7)24-15-13(21)12(20)11(19)9(5-17)23-15/h1-3,7-21H,4-5H2/t7-,8+,9-,10+,11-,12+,13-,14-,15+/m0/s1. The Morgan fingerprint density at radius 3 is 2.42 bits per heavy atom. The molecule has 0 amide bonds. The van der Waals surface area contributed by atoms with E-state index in [-0.39, 0.29) is 12.5 Å². The summed E-state index contributed by atoms with van der Waals surface area (Å²) in [5.74, 6) is -0.835. The van der Waals surface area contributed by atoms with Gasteiger partial charge in [-0.05, 0) is 11.6 Å². The van der Waals surface area contributed by atoms with Crippen LogP contribution in [-0.4, -0.2) is 87.0 Å². The zero-order valence-corrected chi connectivity index (χ0v) is 12.8. The highest BCUT2D eigenvalue weighted by Crippen LogP contribution is 2.40. The summed E-state index contributed by atoms with van der Waals surface area (Å²) in [4.78, 5) is 0. The first-order chi connectivity index (χ1) is 11.5. The molecule has 1 aliphatic carbocycles. The van der Waals surface area contributed by atoms with Gasteiger partial charge in [0.15, 0.2) is 6.29 Å². The SMILES string of the molecule is OCC1=C[C@@H](O)[C@@H]2C=CO[C@@H](O[C@H]3O[C@@H](CO)[C@H](O)[C@@H](O)[C@@H]3O)[C@H]12. The molecule has 136 valence electrons. The van der Waals surface area contributed by atoms with Gasteiger partial charge in [-0.3, -0.25) is 0 Å². The predicted molar refractivity (Wildman–Crippen MR) is 77.0 cm³/mol. The Morgan fingerprint density at radius 2 is 1.75 bits per heavy atom. The van der Waals surface area contributed by atoms with Crippen molar-refractivity contribution in [2.45, 2.75) is 43.1 Å². The normalized spacial score (nSPS) is 47.9. The van der Waals surface area contributed by atoms with Crippen molar-refractivity contribution in [3.63, 3.8) is 0 Å². The highest BCUT2D eigenvalue weighted by molar-refractivity contribution is 5.25. The van der Waals surface area contributed by atoms with Gasteiger partial charge in [-0.25, -0.2) is 0 Å². The summed E-state index contributed by atoms with van der Waals surface area (Å²) in [5.41, 5.74) is 0.534. The zero-order chi connectivity index (χ0) is 17.4. The van der Waals surface area contributed by atoms with Gasteiger partial charge in [0.2, 0.25) is 6.29 Å². The third kappa shape index (κ3) is 2.98. The van der Waals surface area contributed by atoms with Crippen molar-refractivity contribution in [1.29, 1.82) is 0 Å². The molecular weight excluding hydrogens is 324 g/mol. The predicted octanol–water partition coefficient (Wildman–Crippen LogP) is -2.80. The van der Waals surface area contributed by atoms with E-state index in [2.05, 4.69) is 0 Å². The van der Waals surface area contributed by atoms with Gasteiger partial charge in [0.05, 0.1) is 31.5 Å². The molecule has 3 rings (SSSR count). The van der Waals surface area contributed by atoms with Crippen molar-refractivity contribution in [2.75, 3.05) is 13.2 Å². The molecule has 2 heterocycles. The van der Waals surface area contributed by atoms with Crippen LogP contribution in [0.4, 0.5) is 0 Å². The smallest absolute Gasteiger partial charge is 0.209 e. The number of hydrogen-bond acceptors (Lipinski definition) is 9. The molecule has 6 N–H and O–H groups in total. The second kappa shape index (κ2) is 7.06. The van der Waals surface area contributed by atoms with Crippen LogP contribution in [0.1, 0.15) is 0 Å². The summed E-state index contributed by atoms with van der Waals surface area (Å²) in [6.45, 7) is -0.854. The molecule has 0 bridgehead atoms. The molecule has 0 radical (unpaired) electrons. The average Bonchev–Trinajstić information content (AvgIpc) is 2.92. The molecule has 9 heteroatoms. The minimum absolute atomic E-state index is 0.288. The lowest BCUT2D eigenvalue weighted by Crippen LogP contribution is -2.60. The van der Waals surface area contributed by atoms with E-state index >= 15 is 0 Å². The lowest BCUT2D eigenvalue weighted by molar-refractivity contribution is -0.339. The Bertz CT molecular complexity index is 505. The molecule has 1 saturated heterocycles. The summed E-state index contributed by atoms with van der Waals surface area (Å²) in [6.07, 6.45) is -4.27. The second-order valence-corrected chi connectivity index (χ2v) is 6.16. The van der Waals surface area contributed by atoms with Gasteiger partial charge in [-0.2, -0.15) is 0 Å². The molecule has 24 heavy (non-hydrogen) atoms. The summed E-state index contributed by atoms with van der Waals surface area (Å²) in [6, 6.07) is 0. The van der Waals surface area contributed by atoms with Crippen molar-refractivity contribution in [3.05, 3.63) is 24.0 Å². The third-order valence-corrected chi connectivity index (χ3v) is 4.73. The number of rotatable bonds is 4. The molecule has 9 nitrogen and oxygen atoms in total. The Kier molecular flexibility index (Phi) is 5.23. The minimum Gasteiger partial charge on any atom is -0.472 e. The number of fused-ring (bicyclic) bond motifs is 1. The quantitative estimate of drug-likeness (QED) is 0.297. The maximum atomic E-state index is 10.0. The molecule has 9 atom stereocenters. The lowest BCUT2D eigenvalue weighted by atomic mass is 9.88. The fourth-order valence-electron chi connectivity index (χ4n) is 3.38. The van der Waals surface area contributed by atoms with Crippen molar-refractivity contribution in [3.8, 4) is 0 Å². The molecule has 1 fully saturated rings.